The minimum atomic E-state index is 0.440. The summed E-state index contributed by atoms with van der Waals surface area (Å²) in [6, 6.07) is 9.01. The first-order chi connectivity index (χ1) is 9.58. The van der Waals surface area contributed by atoms with E-state index in [1.807, 2.05) is 12.1 Å². The molecule has 0 aliphatic heterocycles. The number of nitrogens with one attached hydrogen (secondary N) is 1. The Morgan fingerprint density at radius 3 is 2.50 bits per heavy atom. The molecule has 6 heteroatoms. The number of imidazole rings is 1. The molecule has 20 heavy (non-hydrogen) atoms. The number of anilines is 1. The van der Waals surface area contributed by atoms with Crippen molar-refractivity contribution >= 4 is 39.9 Å². The Morgan fingerprint density at radius 2 is 1.85 bits per heavy atom. The van der Waals surface area contributed by atoms with Crippen LogP contribution in [-0.4, -0.2) is 17.1 Å². The number of rotatable bonds is 2. The molecule has 0 atom stereocenters. The number of nitrogens with two attached hydrogens (primary N) is 1. The fourth-order valence-corrected chi connectivity index (χ4v) is 2.70. The van der Waals surface area contributed by atoms with E-state index in [4.69, 9.17) is 33.7 Å². The van der Waals surface area contributed by atoms with Crippen molar-refractivity contribution in [1.29, 1.82) is 0 Å². The molecule has 0 unspecified atom stereocenters. The van der Waals surface area contributed by atoms with Crippen molar-refractivity contribution in [3.8, 4) is 17.1 Å². The zero-order chi connectivity index (χ0) is 14.3. The molecule has 3 rings (SSSR count). The lowest BCUT2D eigenvalue weighted by Crippen LogP contribution is -1.88. The van der Waals surface area contributed by atoms with Gasteiger partial charge in [-0.05, 0) is 30.3 Å². The van der Waals surface area contributed by atoms with E-state index >= 15 is 0 Å². The monoisotopic (exact) mass is 307 g/mol. The summed E-state index contributed by atoms with van der Waals surface area (Å²) in [4.78, 5) is 7.69. The van der Waals surface area contributed by atoms with Crippen LogP contribution >= 0.6 is 23.2 Å². The lowest BCUT2D eigenvalue weighted by atomic mass is 10.2. The number of H-pyrrole nitrogens is 1. The van der Waals surface area contributed by atoms with Gasteiger partial charge in [-0.3, -0.25) is 0 Å². The standard InChI is InChI=1S/C14H11Cl2N3O/c1-20-13-9(15)4-7(5-10(13)16)14-18-11-3-2-8(17)6-12(11)19-14/h2-6H,17H2,1H3,(H,18,19). The number of aromatic nitrogens is 2. The molecule has 0 saturated carbocycles. The molecule has 0 radical (unpaired) electrons. The Kier molecular flexibility index (Phi) is 3.20. The third kappa shape index (κ3) is 2.17. The highest BCUT2D eigenvalue weighted by molar-refractivity contribution is 6.37. The third-order valence-electron chi connectivity index (χ3n) is 2.98. The molecule has 0 fully saturated rings. The molecule has 3 aromatic rings. The number of hydrogen-bond donors (Lipinski definition) is 2. The van der Waals surface area contributed by atoms with Crippen LogP contribution in [0.15, 0.2) is 30.3 Å². The molecule has 0 aliphatic carbocycles. The van der Waals surface area contributed by atoms with Crippen LogP contribution in [0.4, 0.5) is 5.69 Å². The Morgan fingerprint density at radius 1 is 1.15 bits per heavy atom. The van der Waals surface area contributed by atoms with E-state index in [2.05, 4.69) is 9.97 Å². The minimum Gasteiger partial charge on any atom is -0.494 e. The highest BCUT2D eigenvalue weighted by Gasteiger charge is 2.12. The number of ether oxygens (including phenoxy) is 1. The number of benzene rings is 2. The topological polar surface area (TPSA) is 63.9 Å². The van der Waals surface area contributed by atoms with Crippen LogP contribution in [-0.2, 0) is 0 Å². The van der Waals surface area contributed by atoms with Crippen molar-refractivity contribution < 1.29 is 4.74 Å². The van der Waals surface area contributed by atoms with Crippen molar-refractivity contribution in [2.24, 2.45) is 0 Å². The minimum absolute atomic E-state index is 0.440. The van der Waals surface area contributed by atoms with Gasteiger partial charge in [0.1, 0.15) is 5.82 Å². The predicted octanol–water partition coefficient (Wildman–Crippen LogP) is 4.13. The second kappa shape index (κ2) is 4.89. The van der Waals surface area contributed by atoms with Crippen molar-refractivity contribution in [3.63, 3.8) is 0 Å². The van der Waals surface area contributed by atoms with Gasteiger partial charge in [0.15, 0.2) is 5.75 Å². The van der Waals surface area contributed by atoms with Crippen molar-refractivity contribution in [3.05, 3.63) is 40.4 Å². The number of nitrogens with zero attached hydrogens (tertiary/aromatic N) is 1. The van der Waals surface area contributed by atoms with Gasteiger partial charge in [0.25, 0.3) is 0 Å². The summed E-state index contributed by atoms with van der Waals surface area (Å²) in [6.45, 7) is 0. The van der Waals surface area contributed by atoms with E-state index in [0.717, 1.165) is 16.6 Å². The highest BCUT2D eigenvalue weighted by atomic mass is 35.5. The first kappa shape index (κ1) is 13.1. The molecular formula is C14H11Cl2N3O. The molecule has 0 bridgehead atoms. The molecule has 0 aliphatic rings. The molecule has 102 valence electrons. The van der Waals surface area contributed by atoms with Gasteiger partial charge < -0.3 is 15.5 Å². The zero-order valence-corrected chi connectivity index (χ0v) is 12.1. The van der Waals surface area contributed by atoms with Crippen LogP contribution in [0.3, 0.4) is 0 Å². The fourth-order valence-electron chi connectivity index (χ4n) is 2.06. The van der Waals surface area contributed by atoms with E-state index in [1.165, 1.54) is 7.11 Å². The van der Waals surface area contributed by atoms with Crippen molar-refractivity contribution in [2.45, 2.75) is 0 Å². The number of aromatic amines is 1. The summed E-state index contributed by atoms with van der Waals surface area (Å²) < 4.78 is 5.13. The van der Waals surface area contributed by atoms with Gasteiger partial charge in [0.05, 0.1) is 28.2 Å². The maximum Gasteiger partial charge on any atom is 0.156 e. The predicted molar refractivity (Wildman–Crippen MR) is 82.5 cm³/mol. The van der Waals surface area contributed by atoms with E-state index < -0.39 is 0 Å². The summed E-state index contributed by atoms with van der Waals surface area (Å²) in [5.41, 5.74) is 8.91. The Labute approximate surface area is 125 Å². The summed E-state index contributed by atoms with van der Waals surface area (Å²) >= 11 is 12.3. The smallest absolute Gasteiger partial charge is 0.156 e. The second-order valence-electron chi connectivity index (χ2n) is 4.34. The lowest BCUT2D eigenvalue weighted by Gasteiger charge is -2.07. The molecule has 3 N–H and O–H groups in total. The van der Waals surface area contributed by atoms with Crippen LogP contribution in [0.1, 0.15) is 0 Å². The first-order valence-electron chi connectivity index (χ1n) is 5.87. The molecule has 4 nitrogen and oxygen atoms in total. The van der Waals surface area contributed by atoms with E-state index in [9.17, 15) is 0 Å². The normalized spacial score (nSPS) is 10.9. The largest absolute Gasteiger partial charge is 0.494 e. The molecule has 2 aromatic carbocycles. The molecule has 0 saturated heterocycles. The summed E-state index contributed by atoms with van der Waals surface area (Å²) in [5, 5.41) is 0.880. The SMILES string of the molecule is COc1c(Cl)cc(-c2nc3ccc(N)cc3[nH]2)cc1Cl. The van der Waals surface area contributed by atoms with Crippen LogP contribution in [0.25, 0.3) is 22.4 Å². The summed E-state index contributed by atoms with van der Waals surface area (Å²) in [5.74, 6) is 1.13. The Bertz CT molecular complexity index is 775. The van der Waals surface area contributed by atoms with Gasteiger partial charge in [-0.2, -0.15) is 0 Å². The third-order valence-corrected chi connectivity index (χ3v) is 3.54. The van der Waals surface area contributed by atoms with Gasteiger partial charge in [-0.15, -0.1) is 0 Å². The zero-order valence-electron chi connectivity index (χ0n) is 10.6. The molecule has 1 heterocycles. The molecular weight excluding hydrogens is 297 g/mol. The van der Waals surface area contributed by atoms with Gasteiger partial charge in [0, 0.05) is 11.3 Å². The number of nitrogen functional groups attached to an aromatic ring is 1. The second-order valence-corrected chi connectivity index (χ2v) is 5.15. The van der Waals surface area contributed by atoms with Crippen molar-refractivity contribution in [2.75, 3.05) is 12.8 Å². The number of hydrogen-bond acceptors (Lipinski definition) is 3. The number of methoxy groups -OCH3 is 1. The van der Waals surface area contributed by atoms with Crippen LogP contribution < -0.4 is 10.5 Å². The lowest BCUT2D eigenvalue weighted by molar-refractivity contribution is 0.415. The molecule has 1 aromatic heterocycles. The van der Waals surface area contributed by atoms with Gasteiger partial charge in [0.2, 0.25) is 0 Å². The first-order valence-corrected chi connectivity index (χ1v) is 6.62. The van der Waals surface area contributed by atoms with E-state index in [1.54, 1.807) is 18.2 Å². The van der Waals surface area contributed by atoms with Gasteiger partial charge >= 0.3 is 0 Å². The molecule has 0 amide bonds. The summed E-state index contributed by atoms with van der Waals surface area (Å²) in [6.07, 6.45) is 0. The number of fused-ring (bicyclic) bond motifs is 1. The van der Waals surface area contributed by atoms with Gasteiger partial charge in [-0.25, -0.2) is 4.98 Å². The van der Waals surface area contributed by atoms with Crippen molar-refractivity contribution in [1.82, 2.24) is 9.97 Å². The quantitative estimate of drug-likeness (QED) is 0.700. The van der Waals surface area contributed by atoms with E-state index in [-0.39, 0.29) is 0 Å². The summed E-state index contributed by atoms with van der Waals surface area (Å²) in [7, 11) is 1.52. The maximum absolute atomic E-state index is 6.14. The Hall–Kier alpha value is -1.91. The van der Waals surface area contributed by atoms with E-state index in [0.29, 0.717) is 27.3 Å². The Balaban J connectivity index is 2.15. The fraction of sp³-hybridized carbons (Fsp3) is 0.0714. The average molecular weight is 308 g/mol. The highest BCUT2D eigenvalue weighted by Crippen LogP contribution is 2.36. The maximum atomic E-state index is 6.14. The van der Waals surface area contributed by atoms with Gasteiger partial charge in [-0.1, -0.05) is 23.2 Å². The molecule has 0 spiro atoms. The van der Waals surface area contributed by atoms with Crippen LogP contribution in [0.5, 0.6) is 5.75 Å². The number of halogens is 2. The van der Waals surface area contributed by atoms with Crippen LogP contribution in [0.2, 0.25) is 10.0 Å². The van der Waals surface area contributed by atoms with Crippen LogP contribution in [0, 0.1) is 0 Å². The average Bonchev–Trinajstić information content (AvgIpc) is 2.81.